The summed E-state index contributed by atoms with van der Waals surface area (Å²) >= 11 is 0. The number of halogens is 1. The first-order valence-electron chi connectivity index (χ1n) is 5.76. The summed E-state index contributed by atoms with van der Waals surface area (Å²) in [6, 6.07) is 2.93. The van der Waals surface area contributed by atoms with Crippen molar-refractivity contribution in [2.75, 3.05) is 17.7 Å². The van der Waals surface area contributed by atoms with Crippen LogP contribution in [0.1, 0.15) is 10.5 Å². The second kappa shape index (κ2) is 5.90. The van der Waals surface area contributed by atoms with Crippen molar-refractivity contribution in [3.63, 3.8) is 0 Å². The zero-order valence-electron chi connectivity index (χ0n) is 10.8. The molecular weight excluding hydrogens is 281 g/mol. The van der Waals surface area contributed by atoms with Crippen LogP contribution in [0.4, 0.5) is 21.6 Å². The van der Waals surface area contributed by atoms with Gasteiger partial charge in [-0.1, -0.05) is 0 Å². The molecule has 0 aliphatic carbocycles. The van der Waals surface area contributed by atoms with Gasteiger partial charge in [-0.25, -0.2) is 14.4 Å². The van der Waals surface area contributed by atoms with Crippen LogP contribution in [0.15, 0.2) is 30.6 Å². The topological polar surface area (TPSA) is 110 Å². The lowest BCUT2D eigenvalue weighted by molar-refractivity contribution is -0.385. The second-order valence-corrected chi connectivity index (χ2v) is 3.91. The van der Waals surface area contributed by atoms with E-state index in [2.05, 4.69) is 20.6 Å². The molecule has 8 nitrogen and oxygen atoms in total. The zero-order chi connectivity index (χ0) is 15.4. The molecule has 2 aromatic rings. The summed E-state index contributed by atoms with van der Waals surface area (Å²) in [6.45, 7) is 0. The lowest BCUT2D eigenvalue weighted by Crippen LogP contribution is -2.15. The lowest BCUT2D eigenvalue weighted by Gasteiger charge is -2.06. The molecule has 0 radical (unpaired) electrons. The maximum Gasteiger partial charge on any atom is 0.275 e. The second-order valence-electron chi connectivity index (χ2n) is 3.91. The van der Waals surface area contributed by atoms with Gasteiger partial charge in [-0.05, 0) is 6.07 Å². The van der Waals surface area contributed by atoms with E-state index in [-0.39, 0.29) is 11.4 Å². The van der Waals surface area contributed by atoms with E-state index in [1.54, 1.807) is 7.05 Å². The Labute approximate surface area is 118 Å². The van der Waals surface area contributed by atoms with Crippen molar-refractivity contribution in [3.8, 4) is 0 Å². The number of anilines is 2. The molecule has 0 aliphatic heterocycles. The third-order valence-electron chi connectivity index (χ3n) is 2.55. The van der Waals surface area contributed by atoms with Crippen molar-refractivity contribution in [2.45, 2.75) is 0 Å². The lowest BCUT2D eigenvalue weighted by atomic mass is 10.2. The summed E-state index contributed by atoms with van der Waals surface area (Å²) in [7, 11) is 1.65. The molecule has 1 aromatic heterocycles. The average molecular weight is 291 g/mol. The predicted octanol–water partition coefficient (Wildman–Crippen LogP) is 1.82. The first kappa shape index (κ1) is 14.3. The molecule has 0 spiro atoms. The van der Waals surface area contributed by atoms with Gasteiger partial charge in [0.1, 0.15) is 11.5 Å². The number of benzene rings is 1. The van der Waals surface area contributed by atoms with Crippen LogP contribution >= 0.6 is 0 Å². The Morgan fingerprint density at radius 2 is 2.10 bits per heavy atom. The molecule has 1 amide bonds. The van der Waals surface area contributed by atoms with E-state index < -0.39 is 22.3 Å². The summed E-state index contributed by atoms with van der Waals surface area (Å²) in [5.41, 5.74) is -0.583. The Morgan fingerprint density at radius 1 is 1.33 bits per heavy atom. The number of non-ortho nitro benzene ring substituents is 1. The molecule has 1 heterocycles. The molecule has 9 heteroatoms. The van der Waals surface area contributed by atoms with E-state index in [4.69, 9.17) is 0 Å². The Balaban J connectivity index is 2.17. The third-order valence-corrected chi connectivity index (χ3v) is 2.55. The number of amides is 1. The minimum Gasteiger partial charge on any atom is -0.372 e. The summed E-state index contributed by atoms with van der Waals surface area (Å²) in [5.74, 6) is -1.09. The van der Waals surface area contributed by atoms with Crippen LogP contribution in [0.25, 0.3) is 0 Å². The van der Waals surface area contributed by atoms with Crippen molar-refractivity contribution >= 4 is 23.1 Å². The quantitative estimate of drug-likeness (QED) is 0.656. The molecule has 0 saturated heterocycles. The number of hydrogen-bond acceptors (Lipinski definition) is 6. The number of nitrogens with one attached hydrogen (secondary N) is 2. The minimum absolute atomic E-state index is 0.00764. The zero-order valence-corrected chi connectivity index (χ0v) is 10.8. The van der Waals surface area contributed by atoms with Crippen molar-refractivity contribution in [1.29, 1.82) is 0 Å². The molecule has 1 aromatic carbocycles. The Kier molecular flexibility index (Phi) is 4.02. The number of nitrogens with zero attached hydrogens (tertiary/aromatic N) is 3. The number of aromatic nitrogens is 2. The van der Waals surface area contributed by atoms with Gasteiger partial charge in [-0.15, -0.1) is 0 Å². The van der Waals surface area contributed by atoms with Crippen molar-refractivity contribution in [3.05, 3.63) is 52.2 Å². The molecule has 0 atom stereocenters. The highest BCUT2D eigenvalue weighted by Crippen LogP contribution is 2.20. The van der Waals surface area contributed by atoms with Gasteiger partial charge < -0.3 is 10.6 Å². The largest absolute Gasteiger partial charge is 0.372 e. The maximum absolute atomic E-state index is 13.6. The summed E-state index contributed by atoms with van der Waals surface area (Å²) < 4.78 is 13.6. The molecular formula is C12H10FN5O3. The summed E-state index contributed by atoms with van der Waals surface area (Å²) in [6.07, 6.45) is 2.57. The van der Waals surface area contributed by atoms with Crippen LogP contribution in [0.3, 0.4) is 0 Å². The fourth-order valence-electron chi connectivity index (χ4n) is 1.48. The summed E-state index contributed by atoms with van der Waals surface area (Å²) in [4.78, 5) is 29.4. The average Bonchev–Trinajstić information content (AvgIpc) is 2.49. The van der Waals surface area contributed by atoms with Crippen LogP contribution in [-0.2, 0) is 0 Å². The first-order valence-corrected chi connectivity index (χ1v) is 5.76. The van der Waals surface area contributed by atoms with Gasteiger partial charge in [-0.2, -0.15) is 0 Å². The SMILES string of the molecule is CNc1cnc(C(=O)Nc2ccc([N+](=O)[O-])cc2F)cn1. The summed E-state index contributed by atoms with van der Waals surface area (Å²) in [5, 5.41) is 15.5. The van der Waals surface area contributed by atoms with E-state index in [1.807, 2.05) is 0 Å². The van der Waals surface area contributed by atoms with Crippen molar-refractivity contribution in [1.82, 2.24) is 9.97 Å². The highest BCUT2D eigenvalue weighted by atomic mass is 19.1. The molecule has 0 saturated carbocycles. The van der Waals surface area contributed by atoms with E-state index in [1.165, 1.54) is 12.4 Å². The van der Waals surface area contributed by atoms with E-state index >= 15 is 0 Å². The van der Waals surface area contributed by atoms with Gasteiger partial charge in [0.2, 0.25) is 0 Å². The number of hydrogen-bond donors (Lipinski definition) is 2. The van der Waals surface area contributed by atoms with Gasteiger partial charge in [0, 0.05) is 13.1 Å². The number of nitro benzene ring substituents is 1. The Hall–Kier alpha value is -3.10. The molecule has 0 fully saturated rings. The van der Waals surface area contributed by atoms with Gasteiger partial charge in [0.05, 0.1) is 29.1 Å². The van der Waals surface area contributed by atoms with E-state index in [0.29, 0.717) is 5.82 Å². The van der Waals surface area contributed by atoms with Crippen LogP contribution in [0, 0.1) is 15.9 Å². The number of carbonyl (C=O) groups excluding carboxylic acids is 1. The molecule has 21 heavy (non-hydrogen) atoms. The fourth-order valence-corrected chi connectivity index (χ4v) is 1.48. The van der Waals surface area contributed by atoms with Crippen molar-refractivity contribution < 1.29 is 14.1 Å². The molecule has 0 aliphatic rings. The van der Waals surface area contributed by atoms with Crippen LogP contribution in [-0.4, -0.2) is 27.8 Å². The predicted molar refractivity (Wildman–Crippen MR) is 72.6 cm³/mol. The van der Waals surface area contributed by atoms with Gasteiger partial charge >= 0.3 is 0 Å². The van der Waals surface area contributed by atoms with Gasteiger partial charge in [-0.3, -0.25) is 14.9 Å². The Morgan fingerprint density at radius 3 is 2.62 bits per heavy atom. The highest BCUT2D eigenvalue weighted by Gasteiger charge is 2.14. The highest BCUT2D eigenvalue weighted by molar-refractivity contribution is 6.02. The van der Waals surface area contributed by atoms with E-state index in [9.17, 15) is 19.3 Å². The fraction of sp³-hybridized carbons (Fsp3) is 0.0833. The van der Waals surface area contributed by atoms with Crippen LogP contribution < -0.4 is 10.6 Å². The first-order chi connectivity index (χ1) is 10.0. The number of carbonyl (C=O) groups is 1. The molecule has 108 valence electrons. The standard InChI is InChI=1S/C12H10FN5O3/c1-14-11-6-15-10(5-16-11)12(19)17-9-3-2-7(18(20)21)4-8(9)13/h2-6H,1H3,(H,14,16)(H,17,19). The molecule has 0 unspecified atom stereocenters. The third kappa shape index (κ3) is 3.26. The normalized spacial score (nSPS) is 10.0. The maximum atomic E-state index is 13.6. The monoisotopic (exact) mass is 291 g/mol. The van der Waals surface area contributed by atoms with Gasteiger partial charge in [0.15, 0.2) is 5.82 Å². The number of rotatable bonds is 4. The Bertz CT molecular complexity index is 690. The van der Waals surface area contributed by atoms with E-state index in [0.717, 1.165) is 18.2 Å². The molecule has 2 N–H and O–H groups in total. The van der Waals surface area contributed by atoms with Crippen LogP contribution in [0.2, 0.25) is 0 Å². The smallest absolute Gasteiger partial charge is 0.275 e. The molecule has 0 bridgehead atoms. The van der Waals surface area contributed by atoms with Crippen molar-refractivity contribution in [2.24, 2.45) is 0 Å². The van der Waals surface area contributed by atoms with Crippen LogP contribution in [0.5, 0.6) is 0 Å². The number of nitro groups is 1. The van der Waals surface area contributed by atoms with Gasteiger partial charge in [0.25, 0.3) is 11.6 Å². The minimum atomic E-state index is -0.905. The molecule has 2 rings (SSSR count).